The van der Waals surface area contributed by atoms with E-state index in [9.17, 15) is 13.2 Å². The molecule has 0 saturated heterocycles. The number of carbonyl (C=O) groups is 1. The predicted molar refractivity (Wildman–Crippen MR) is 109 cm³/mol. The summed E-state index contributed by atoms with van der Waals surface area (Å²) in [5, 5.41) is 2.90. The van der Waals surface area contributed by atoms with Gasteiger partial charge in [0, 0.05) is 6.07 Å². The van der Waals surface area contributed by atoms with Gasteiger partial charge in [0.1, 0.15) is 18.0 Å². The van der Waals surface area contributed by atoms with Crippen LogP contribution in [0.25, 0.3) is 0 Å². The van der Waals surface area contributed by atoms with E-state index in [0.717, 1.165) is 21.9 Å². The van der Waals surface area contributed by atoms with Gasteiger partial charge in [-0.2, -0.15) is 0 Å². The zero-order valence-corrected chi connectivity index (χ0v) is 17.3. The number of methoxy groups -OCH3 is 2. The number of carbonyl (C=O) groups excluding carboxylic acids is 1. The molecule has 0 unspecified atom stereocenters. The van der Waals surface area contributed by atoms with E-state index in [-0.39, 0.29) is 12.6 Å². The van der Waals surface area contributed by atoms with Crippen molar-refractivity contribution in [3.05, 3.63) is 54.1 Å². The van der Waals surface area contributed by atoms with Gasteiger partial charge in [0.05, 0.1) is 32.2 Å². The van der Waals surface area contributed by atoms with Crippen molar-refractivity contribution in [2.45, 2.75) is 19.4 Å². The number of nitrogens with zero attached hydrogens (tertiary/aromatic N) is 1. The van der Waals surface area contributed by atoms with Crippen LogP contribution in [0.3, 0.4) is 0 Å². The maximum atomic E-state index is 12.6. The second-order valence-electron chi connectivity index (χ2n) is 6.27. The van der Waals surface area contributed by atoms with E-state index in [1.807, 2.05) is 31.2 Å². The Morgan fingerprint density at radius 1 is 1.07 bits per heavy atom. The summed E-state index contributed by atoms with van der Waals surface area (Å²) in [6.45, 7) is 1.63. The van der Waals surface area contributed by atoms with E-state index in [1.54, 1.807) is 31.4 Å². The van der Waals surface area contributed by atoms with Crippen molar-refractivity contribution in [2.24, 2.45) is 0 Å². The molecule has 2 aromatic carbocycles. The topological polar surface area (TPSA) is 84.9 Å². The summed E-state index contributed by atoms with van der Waals surface area (Å²) in [6, 6.07) is 13.8. The SMILES string of the molecule is CC[C@@H](NC(=O)CN(c1cccc(OC)c1)S(C)(=O)=O)c1ccc(OC)cc1. The van der Waals surface area contributed by atoms with Crippen LogP contribution in [0.5, 0.6) is 11.5 Å². The van der Waals surface area contributed by atoms with Crippen molar-refractivity contribution in [3.63, 3.8) is 0 Å². The summed E-state index contributed by atoms with van der Waals surface area (Å²) in [5.74, 6) is 0.846. The summed E-state index contributed by atoms with van der Waals surface area (Å²) in [7, 11) is -0.567. The Kier molecular flexibility index (Phi) is 7.28. The first-order valence-electron chi connectivity index (χ1n) is 8.83. The molecule has 7 nitrogen and oxygen atoms in total. The summed E-state index contributed by atoms with van der Waals surface area (Å²) in [5.41, 5.74) is 1.29. The van der Waals surface area contributed by atoms with Gasteiger partial charge in [0.2, 0.25) is 15.9 Å². The van der Waals surface area contributed by atoms with Crippen molar-refractivity contribution < 1.29 is 22.7 Å². The Hall–Kier alpha value is -2.74. The molecule has 152 valence electrons. The van der Waals surface area contributed by atoms with Gasteiger partial charge < -0.3 is 14.8 Å². The largest absolute Gasteiger partial charge is 0.497 e. The molecule has 0 bridgehead atoms. The quantitative estimate of drug-likeness (QED) is 0.692. The number of anilines is 1. The maximum Gasteiger partial charge on any atom is 0.241 e. The molecule has 0 heterocycles. The Morgan fingerprint density at radius 2 is 1.71 bits per heavy atom. The lowest BCUT2D eigenvalue weighted by molar-refractivity contribution is -0.120. The van der Waals surface area contributed by atoms with Crippen molar-refractivity contribution in [1.82, 2.24) is 5.32 Å². The van der Waals surface area contributed by atoms with Crippen LogP contribution in [0.15, 0.2) is 48.5 Å². The van der Waals surface area contributed by atoms with Gasteiger partial charge in [-0.15, -0.1) is 0 Å². The van der Waals surface area contributed by atoms with Gasteiger partial charge in [-0.3, -0.25) is 9.10 Å². The average Bonchev–Trinajstić information content (AvgIpc) is 2.69. The van der Waals surface area contributed by atoms with Gasteiger partial charge in [0.25, 0.3) is 0 Å². The van der Waals surface area contributed by atoms with Crippen LogP contribution in [0.4, 0.5) is 5.69 Å². The molecule has 0 aromatic heterocycles. The van der Waals surface area contributed by atoms with Crippen molar-refractivity contribution in [2.75, 3.05) is 31.3 Å². The summed E-state index contributed by atoms with van der Waals surface area (Å²) < 4.78 is 35.9. The highest BCUT2D eigenvalue weighted by Gasteiger charge is 2.23. The number of benzene rings is 2. The van der Waals surface area contributed by atoms with Crippen molar-refractivity contribution in [3.8, 4) is 11.5 Å². The van der Waals surface area contributed by atoms with Gasteiger partial charge in [-0.25, -0.2) is 8.42 Å². The molecule has 1 amide bonds. The fourth-order valence-electron chi connectivity index (χ4n) is 2.79. The van der Waals surface area contributed by atoms with E-state index < -0.39 is 15.9 Å². The number of amides is 1. The molecule has 0 aliphatic carbocycles. The molecular formula is C20H26N2O5S. The van der Waals surface area contributed by atoms with Crippen LogP contribution < -0.4 is 19.1 Å². The summed E-state index contributed by atoms with van der Waals surface area (Å²) >= 11 is 0. The van der Waals surface area contributed by atoms with Crippen LogP contribution in [0, 0.1) is 0 Å². The molecule has 0 aliphatic rings. The molecule has 0 spiro atoms. The second kappa shape index (κ2) is 9.45. The van der Waals surface area contributed by atoms with Gasteiger partial charge in [-0.1, -0.05) is 25.1 Å². The van der Waals surface area contributed by atoms with Crippen molar-refractivity contribution >= 4 is 21.6 Å². The van der Waals surface area contributed by atoms with E-state index in [4.69, 9.17) is 9.47 Å². The monoisotopic (exact) mass is 406 g/mol. The number of sulfonamides is 1. The lowest BCUT2D eigenvalue weighted by Gasteiger charge is -2.24. The number of hydrogen-bond donors (Lipinski definition) is 1. The van der Waals surface area contributed by atoms with Crippen LogP contribution in [0.2, 0.25) is 0 Å². The second-order valence-corrected chi connectivity index (χ2v) is 8.18. The highest BCUT2D eigenvalue weighted by molar-refractivity contribution is 7.92. The van der Waals surface area contributed by atoms with Crippen LogP contribution in [-0.4, -0.2) is 41.3 Å². The van der Waals surface area contributed by atoms with Crippen LogP contribution in [0.1, 0.15) is 24.9 Å². The highest BCUT2D eigenvalue weighted by atomic mass is 32.2. The lowest BCUT2D eigenvalue weighted by atomic mass is 10.0. The number of nitrogens with one attached hydrogen (secondary N) is 1. The minimum absolute atomic E-state index is 0.231. The predicted octanol–water partition coefficient (Wildman–Crippen LogP) is 2.74. The third kappa shape index (κ3) is 5.63. The Balaban J connectivity index is 2.18. The summed E-state index contributed by atoms with van der Waals surface area (Å²) in [4.78, 5) is 12.6. The third-order valence-electron chi connectivity index (χ3n) is 4.29. The fourth-order valence-corrected chi connectivity index (χ4v) is 3.64. The lowest BCUT2D eigenvalue weighted by Crippen LogP contribution is -2.41. The first kappa shape index (κ1) is 21.6. The Bertz CT molecular complexity index is 897. The fraction of sp³-hybridized carbons (Fsp3) is 0.350. The zero-order chi connectivity index (χ0) is 20.7. The molecule has 28 heavy (non-hydrogen) atoms. The van der Waals surface area contributed by atoms with Gasteiger partial charge in [-0.05, 0) is 36.2 Å². The normalized spacial score (nSPS) is 12.1. The highest BCUT2D eigenvalue weighted by Crippen LogP contribution is 2.24. The third-order valence-corrected chi connectivity index (χ3v) is 5.43. The molecule has 1 N–H and O–H groups in total. The molecular weight excluding hydrogens is 380 g/mol. The van der Waals surface area contributed by atoms with Gasteiger partial charge in [0.15, 0.2) is 0 Å². The van der Waals surface area contributed by atoms with E-state index in [0.29, 0.717) is 17.9 Å². The molecule has 1 atom stereocenters. The molecule has 2 aromatic rings. The molecule has 0 radical (unpaired) electrons. The van der Waals surface area contributed by atoms with E-state index in [2.05, 4.69) is 5.32 Å². The van der Waals surface area contributed by atoms with E-state index in [1.165, 1.54) is 7.11 Å². The first-order chi connectivity index (χ1) is 13.3. The zero-order valence-electron chi connectivity index (χ0n) is 16.5. The first-order valence-corrected chi connectivity index (χ1v) is 10.7. The minimum Gasteiger partial charge on any atom is -0.497 e. The average molecular weight is 407 g/mol. The van der Waals surface area contributed by atoms with Gasteiger partial charge >= 0.3 is 0 Å². The molecule has 0 aliphatic heterocycles. The van der Waals surface area contributed by atoms with Crippen molar-refractivity contribution in [1.29, 1.82) is 0 Å². The molecule has 0 saturated carbocycles. The molecule has 0 fully saturated rings. The maximum absolute atomic E-state index is 12.6. The number of ether oxygens (including phenoxy) is 2. The molecule has 2 rings (SSSR count). The number of rotatable bonds is 9. The number of hydrogen-bond acceptors (Lipinski definition) is 5. The minimum atomic E-state index is -3.65. The smallest absolute Gasteiger partial charge is 0.241 e. The van der Waals surface area contributed by atoms with Crippen LogP contribution in [-0.2, 0) is 14.8 Å². The van der Waals surface area contributed by atoms with E-state index >= 15 is 0 Å². The van der Waals surface area contributed by atoms with Crippen LogP contribution >= 0.6 is 0 Å². The standard InChI is InChI=1S/C20H26N2O5S/c1-5-19(15-9-11-17(26-2)12-10-15)21-20(23)14-22(28(4,24)25)16-7-6-8-18(13-16)27-3/h6-13,19H,5,14H2,1-4H3,(H,21,23)/t19-/m1/s1. The summed E-state index contributed by atoms with van der Waals surface area (Å²) in [6.07, 6.45) is 1.73. The Labute approximate surface area is 166 Å². The molecule has 8 heteroatoms. The Morgan fingerprint density at radius 3 is 2.25 bits per heavy atom.